The van der Waals surface area contributed by atoms with Crippen molar-refractivity contribution in [2.75, 3.05) is 12.4 Å². The first-order valence-electron chi connectivity index (χ1n) is 12.0. The number of halogens is 4. The summed E-state index contributed by atoms with van der Waals surface area (Å²) in [5.74, 6) is 0.0824. The minimum absolute atomic E-state index is 0.0318. The number of aromatic nitrogens is 5. The largest absolute Gasteiger partial charge is 0.443 e. The highest BCUT2D eigenvalue weighted by Crippen LogP contribution is 2.57. The lowest BCUT2D eigenvalue weighted by atomic mass is 9.50. The van der Waals surface area contributed by atoms with Gasteiger partial charge in [0.15, 0.2) is 11.5 Å². The van der Waals surface area contributed by atoms with Crippen LogP contribution in [0.5, 0.6) is 0 Å². The third kappa shape index (κ3) is 4.36. The average Bonchev–Trinajstić information content (AvgIpc) is 3.49. The van der Waals surface area contributed by atoms with Gasteiger partial charge in [0.05, 0.1) is 12.3 Å². The van der Waals surface area contributed by atoms with Gasteiger partial charge in [-0.3, -0.25) is 9.50 Å². The lowest BCUT2D eigenvalue weighted by molar-refractivity contribution is -0.141. The highest BCUT2D eigenvalue weighted by atomic mass is 19.4. The van der Waals surface area contributed by atoms with Crippen LogP contribution in [0.3, 0.4) is 0 Å². The van der Waals surface area contributed by atoms with Gasteiger partial charge in [-0.05, 0) is 38.0 Å². The number of hydrogen-bond donors (Lipinski definition) is 3. The zero-order valence-electron chi connectivity index (χ0n) is 19.8. The molecule has 3 N–H and O–H groups in total. The number of hydrogen-bond acceptors (Lipinski definition) is 7. The number of methoxy groups -OCH3 is 1. The van der Waals surface area contributed by atoms with Gasteiger partial charge < -0.3 is 20.1 Å². The zero-order valence-corrected chi connectivity index (χ0v) is 19.8. The van der Waals surface area contributed by atoms with Crippen LogP contribution in [0.15, 0.2) is 18.3 Å². The first-order chi connectivity index (χ1) is 17.6. The summed E-state index contributed by atoms with van der Waals surface area (Å²) >= 11 is 0. The molecule has 4 aliphatic rings. The summed E-state index contributed by atoms with van der Waals surface area (Å²) in [6.07, 6.45) is -2.46. The number of fused-ring (bicyclic) bond motifs is 1. The minimum atomic E-state index is -4.69. The quantitative estimate of drug-likeness (QED) is 0.397. The van der Waals surface area contributed by atoms with E-state index >= 15 is 4.39 Å². The van der Waals surface area contributed by atoms with Crippen LogP contribution in [0.25, 0.3) is 5.65 Å². The number of aromatic amines is 1. The number of nitrogens with one attached hydrogen (secondary N) is 3. The second-order valence-electron chi connectivity index (χ2n) is 10.1. The fourth-order valence-electron chi connectivity index (χ4n) is 5.58. The van der Waals surface area contributed by atoms with E-state index in [4.69, 9.17) is 9.47 Å². The highest BCUT2D eigenvalue weighted by Gasteiger charge is 2.58. The second kappa shape index (κ2) is 8.57. The average molecular weight is 523 g/mol. The molecule has 4 aliphatic carbocycles. The van der Waals surface area contributed by atoms with Gasteiger partial charge in [-0.2, -0.15) is 18.3 Å². The molecule has 0 unspecified atom stereocenters. The molecule has 4 saturated carbocycles. The summed E-state index contributed by atoms with van der Waals surface area (Å²) in [5, 5.41) is 12.5. The van der Waals surface area contributed by atoms with Crippen molar-refractivity contribution in [2.45, 2.75) is 68.6 Å². The SMILES string of the molecule is COCc1cn2c(Nc3cc([C@@H]4CC[C@H](OC(=O)NC56CC(C5)C6)[C@H]4F)[nH]n3)nc(C(F)(F)F)cc2n1. The topological polar surface area (TPSA) is 118 Å². The Kier molecular flexibility index (Phi) is 5.55. The third-order valence-corrected chi connectivity index (χ3v) is 7.49. The van der Waals surface area contributed by atoms with E-state index in [1.54, 1.807) is 0 Å². The first kappa shape index (κ1) is 23.9. The molecule has 7 rings (SSSR count). The molecule has 0 aromatic carbocycles. The molecule has 198 valence electrons. The van der Waals surface area contributed by atoms with E-state index in [1.807, 2.05) is 0 Å². The molecule has 3 aromatic heterocycles. The van der Waals surface area contributed by atoms with Gasteiger partial charge in [0, 0.05) is 42.6 Å². The normalized spacial score (nSPS) is 28.6. The summed E-state index contributed by atoms with van der Waals surface area (Å²) in [7, 11) is 1.45. The van der Waals surface area contributed by atoms with E-state index < -0.39 is 36.2 Å². The van der Waals surface area contributed by atoms with Crippen LogP contribution in [0.1, 0.15) is 55.1 Å². The summed E-state index contributed by atoms with van der Waals surface area (Å²) in [5.41, 5.74) is -0.383. The molecule has 3 heterocycles. The van der Waals surface area contributed by atoms with Gasteiger partial charge in [-0.1, -0.05) is 0 Å². The summed E-state index contributed by atoms with van der Waals surface area (Å²) in [6.45, 7) is 0.108. The summed E-state index contributed by atoms with van der Waals surface area (Å²) in [4.78, 5) is 20.1. The number of amides is 1. The molecule has 0 radical (unpaired) electrons. The van der Waals surface area contributed by atoms with Gasteiger partial charge in [0.2, 0.25) is 5.95 Å². The van der Waals surface area contributed by atoms with Crippen molar-refractivity contribution in [1.82, 2.24) is 29.9 Å². The molecule has 0 saturated heterocycles. The van der Waals surface area contributed by atoms with Gasteiger partial charge in [0.25, 0.3) is 0 Å². The third-order valence-electron chi connectivity index (χ3n) is 7.49. The number of ether oxygens (including phenoxy) is 2. The van der Waals surface area contributed by atoms with Gasteiger partial charge >= 0.3 is 12.3 Å². The Morgan fingerprint density at radius 1 is 1.24 bits per heavy atom. The molecule has 10 nitrogen and oxygen atoms in total. The number of rotatable bonds is 7. The monoisotopic (exact) mass is 523 g/mol. The molecule has 37 heavy (non-hydrogen) atoms. The Labute approximate surface area is 208 Å². The number of carbonyl (C=O) groups excluding carboxylic acids is 1. The summed E-state index contributed by atoms with van der Waals surface area (Å²) in [6, 6.07) is 2.36. The second-order valence-corrected chi connectivity index (χ2v) is 10.1. The minimum Gasteiger partial charge on any atom is -0.443 e. The van der Waals surface area contributed by atoms with E-state index in [9.17, 15) is 18.0 Å². The standard InChI is InChI=1S/C23H25F4N7O3/c1-36-10-12-9-34-18(28-12)5-16(23(25,26)27)29-20(34)30-17-4-14(32-33-17)13-2-3-15(19(13)24)37-21(35)31-22-6-11(7-22)8-22/h4-5,9,11,13,15,19H,2-3,6-8,10H2,1H3,(H,31,35)(H2,29,30,32,33)/t11?,13-,15-,19-,22?/m0/s1. The highest BCUT2D eigenvalue weighted by molar-refractivity contribution is 5.69. The maximum atomic E-state index is 15.2. The molecule has 2 bridgehead atoms. The van der Waals surface area contributed by atoms with Crippen LogP contribution < -0.4 is 10.6 Å². The van der Waals surface area contributed by atoms with E-state index in [-0.39, 0.29) is 29.6 Å². The number of alkyl carbamates (subject to hydrolysis) is 1. The van der Waals surface area contributed by atoms with Gasteiger partial charge in [-0.25, -0.2) is 19.2 Å². The number of nitrogens with zero attached hydrogens (tertiary/aromatic N) is 4. The van der Waals surface area contributed by atoms with Crippen molar-refractivity contribution in [3.8, 4) is 0 Å². The van der Waals surface area contributed by atoms with Crippen molar-refractivity contribution in [2.24, 2.45) is 5.92 Å². The molecule has 3 aromatic rings. The Balaban J connectivity index is 1.16. The zero-order chi connectivity index (χ0) is 25.9. The molecule has 14 heteroatoms. The van der Waals surface area contributed by atoms with Crippen LogP contribution in [-0.4, -0.2) is 55.6 Å². The molecule has 0 aliphatic heterocycles. The first-order valence-corrected chi connectivity index (χ1v) is 12.0. The van der Waals surface area contributed by atoms with Gasteiger partial charge in [0.1, 0.15) is 17.9 Å². The lowest BCUT2D eigenvalue weighted by Gasteiger charge is -2.61. The van der Waals surface area contributed by atoms with Crippen molar-refractivity contribution in [1.29, 1.82) is 0 Å². The van der Waals surface area contributed by atoms with Crippen LogP contribution in [0.2, 0.25) is 0 Å². The number of alkyl halides is 4. The fourth-order valence-corrected chi connectivity index (χ4v) is 5.58. The Bertz CT molecular complexity index is 1320. The van der Waals surface area contributed by atoms with Crippen molar-refractivity contribution < 1.29 is 31.8 Å². The molecular formula is C23H25F4N7O3. The van der Waals surface area contributed by atoms with Crippen molar-refractivity contribution in [3.05, 3.63) is 35.4 Å². The molecule has 1 amide bonds. The fraction of sp³-hybridized carbons (Fsp3) is 0.565. The smallest absolute Gasteiger partial charge is 0.433 e. The van der Waals surface area contributed by atoms with Crippen LogP contribution in [0, 0.1) is 5.92 Å². The Hall–Kier alpha value is -3.42. The van der Waals surface area contributed by atoms with E-state index in [0.29, 0.717) is 30.1 Å². The van der Waals surface area contributed by atoms with Gasteiger partial charge in [-0.15, -0.1) is 0 Å². The predicted molar refractivity (Wildman–Crippen MR) is 121 cm³/mol. The van der Waals surface area contributed by atoms with E-state index in [1.165, 1.54) is 23.8 Å². The maximum Gasteiger partial charge on any atom is 0.433 e. The van der Waals surface area contributed by atoms with E-state index in [2.05, 4.69) is 30.8 Å². The Morgan fingerprint density at radius 2 is 2.03 bits per heavy atom. The van der Waals surface area contributed by atoms with Crippen molar-refractivity contribution in [3.63, 3.8) is 0 Å². The molecular weight excluding hydrogens is 498 g/mol. The van der Waals surface area contributed by atoms with Crippen LogP contribution in [0.4, 0.5) is 34.1 Å². The lowest BCUT2D eigenvalue weighted by Crippen LogP contribution is -2.68. The molecule has 4 fully saturated rings. The van der Waals surface area contributed by atoms with Crippen LogP contribution in [-0.2, 0) is 22.3 Å². The predicted octanol–water partition coefficient (Wildman–Crippen LogP) is 4.22. The number of H-pyrrole nitrogens is 1. The number of imidazole rings is 1. The van der Waals surface area contributed by atoms with Crippen LogP contribution >= 0.6 is 0 Å². The number of anilines is 2. The van der Waals surface area contributed by atoms with E-state index in [0.717, 1.165) is 25.3 Å². The Morgan fingerprint density at radius 3 is 2.70 bits per heavy atom. The summed E-state index contributed by atoms with van der Waals surface area (Å²) < 4.78 is 67.3. The van der Waals surface area contributed by atoms with Crippen molar-refractivity contribution >= 4 is 23.5 Å². The molecule has 0 spiro atoms. The maximum absolute atomic E-state index is 15.2. The number of carbonyl (C=O) groups is 1. The molecule has 3 atom stereocenters.